The van der Waals surface area contributed by atoms with Crippen molar-refractivity contribution in [3.05, 3.63) is 36.2 Å². The lowest BCUT2D eigenvalue weighted by Crippen LogP contribution is -2.42. The fourth-order valence-electron chi connectivity index (χ4n) is 2.41. The summed E-state index contributed by atoms with van der Waals surface area (Å²) in [6.45, 7) is 4.55. The third-order valence-electron chi connectivity index (χ3n) is 3.46. The van der Waals surface area contributed by atoms with E-state index in [-0.39, 0.29) is 12.5 Å². The minimum absolute atomic E-state index is 0.0559. The smallest absolute Gasteiger partial charge is 0.244 e. The molecule has 1 aromatic carbocycles. The van der Waals surface area contributed by atoms with Crippen molar-refractivity contribution in [2.24, 2.45) is 0 Å². The normalized spacial score (nSPS) is 15.2. The van der Waals surface area contributed by atoms with Crippen LogP contribution in [0.15, 0.2) is 30.3 Å². The number of benzene rings is 1. The molecule has 0 N–H and O–H groups in total. The van der Waals surface area contributed by atoms with Gasteiger partial charge in [-0.25, -0.2) is 9.67 Å². The largest absolute Gasteiger partial charge is 0.378 e. The maximum Gasteiger partial charge on any atom is 0.244 e. The first-order valence-electron chi connectivity index (χ1n) is 7.06. The first-order chi connectivity index (χ1) is 10.2. The highest BCUT2D eigenvalue weighted by atomic mass is 16.5. The molecule has 1 aliphatic heterocycles. The van der Waals surface area contributed by atoms with Crippen LogP contribution in [0.2, 0.25) is 0 Å². The molecule has 0 spiro atoms. The van der Waals surface area contributed by atoms with Gasteiger partial charge in [-0.2, -0.15) is 5.10 Å². The van der Waals surface area contributed by atoms with Crippen molar-refractivity contribution in [1.29, 1.82) is 0 Å². The fourth-order valence-corrected chi connectivity index (χ4v) is 2.41. The maximum atomic E-state index is 12.3. The molecule has 0 bridgehead atoms. The molecule has 2 aromatic rings. The molecule has 0 radical (unpaired) electrons. The molecular weight excluding hydrogens is 268 g/mol. The molecule has 6 heteroatoms. The van der Waals surface area contributed by atoms with Crippen molar-refractivity contribution < 1.29 is 9.53 Å². The molecule has 1 saturated heterocycles. The molecule has 0 atom stereocenters. The second kappa shape index (κ2) is 6.05. The highest BCUT2D eigenvalue weighted by molar-refractivity contribution is 5.76. The number of ether oxygens (including phenoxy) is 1. The van der Waals surface area contributed by atoms with Gasteiger partial charge in [-0.1, -0.05) is 30.3 Å². The summed E-state index contributed by atoms with van der Waals surface area (Å²) in [6.07, 6.45) is 0. The Labute approximate surface area is 123 Å². The average Bonchev–Trinajstić information content (AvgIpc) is 2.89. The van der Waals surface area contributed by atoms with Crippen LogP contribution < -0.4 is 0 Å². The van der Waals surface area contributed by atoms with Gasteiger partial charge < -0.3 is 9.64 Å². The molecule has 1 amide bonds. The zero-order chi connectivity index (χ0) is 14.7. The van der Waals surface area contributed by atoms with Crippen LogP contribution in [-0.2, 0) is 16.1 Å². The zero-order valence-electron chi connectivity index (χ0n) is 12.0. The summed E-state index contributed by atoms with van der Waals surface area (Å²) in [7, 11) is 0. The molecule has 1 aliphatic rings. The third kappa shape index (κ3) is 3.11. The fraction of sp³-hybridized carbons (Fsp3) is 0.400. The van der Waals surface area contributed by atoms with E-state index < -0.39 is 0 Å². The van der Waals surface area contributed by atoms with E-state index in [1.807, 2.05) is 42.2 Å². The summed E-state index contributed by atoms with van der Waals surface area (Å²) >= 11 is 0. The van der Waals surface area contributed by atoms with Gasteiger partial charge in [0.05, 0.1) is 13.2 Å². The molecular formula is C15H18N4O2. The van der Waals surface area contributed by atoms with Crippen LogP contribution in [0.1, 0.15) is 5.82 Å². The van der Waals surface area contributed by atoms with Gasteiger partial charge in [0, 0.05) is 18.7 Å². The highest BCUT2D eigenvalue weighted by Gasteiger charge is 2.19. The summed E-state index contributed by atoms with van der Waals surface area (Å²) in [4.78, 5) is 18.6. The summed E-state index contributed by atoms with van der Waals surface area (Å²) in [5.74, 6) is 1.46. The Morgan fingerprint density at radius 2 is 1.95 bits per heavy atom. The molecule has 6 nitrogen and oxygen atoms in total. The molecule has 110 valence electrons. The van der Waals surface area contributed by atoms with Gasteiger partial charge in [0.2, 0.25) is 5.91 Å². The zero-order valence-corrected chi connectivity index (χ0v) is 12.0. The van der Waals surface area contributed by atoms with Crippen LogP contribution >= 0.6 is 0 Å². The molecule has 0 saturated carbocycles. The van der Waals surface area contributed by atoms with Crippen molar-refractivity contribution >= 4 is 5.91 Å². The average molecular weight is 286 g/mol. The van der Waals surface area contributed by atoms with E-state index in [1.54, 1.807) is 4.68 Å². The number of morpholine rings is 1. The van der Waals surface area contributed by atoms with Crippen molar-refractivity contribution in [1.82, 2.24) is 19.7 Å². The van der Waals surface area contributed by atoms with Crippen LogP contribution in [0.4, 0.5) is 0 Å². The SMILES string of the molecule is Cc1nc(-c2ccccc2)n(CC(=O)N2CCOCC2)n1. The predicted octanol–water partition coefficient (Wildman–Crippen LogP) is 1.11. The second-order valence-electron chi connectivity index (χ2n) is 5.00. The number of carbonyl (C=O) groups is 1. The van der Waals surface area contributed by atoms with Gasteiger partial charge in [0.15, 0.2) is 5.82 Å². The minimum Gasteiger partial charge on any atom is -0.378 e. The Balaban J connectivity index is 1.81. The van der Waals surface area contributed by atoms with E-state index in [0.29, 0.717) is 32.1 Å². The highest BCUT2D eigenvalue weighted by Crippen LogP contribution is 2.17. The summed E-state index contributed by atoms with van der Waals surface area (Å²) in [5.41, 5.74) is 0.966. The molecule has 2 heterocycles. The Kier molecular flexibility index (Phi) is 3.96. The number of aryl methyl sites for hydroxylation is 1. The Bertz CT molecular complexity index is 618. The van der Waals surface area contributed by atoms with Crippen molar-refractivity contribution in [2.45, 2.75) is 13.5 Å². The van der Waals surface area contributed by atoms with Gasteiger partial charge in [-0.3, -0.25) is 4.79 Å². The lowest BCUT2D eigenvalue weighted by Gasteiger charge is -2.26. The predicted molar refractivity (Wildman–Crippen MR) is 77.6 cm³/mol. The number of rotatable bonds is 3. The number of hydrogen-bond acceptors (Lipinski definition) is 4. The van der Waals surface area contributed by atoms with Crippen LogP contribution in [0.5, 0.6) is 0 Å². The van der Waals surface area contributed by atoms with E-state index in [4.69, 9.17) is 4.74 Å². The number of carbonyl (C=O) groups excluding carboxylic acids is 1. The number of nitrogens with zero attached hydrogens (tertiary/aromatic N) is 4. The Hall–Kier alpha value is -2.21. The monoisotopic (exact) mass is 286 g/mol. The molecule has 1 aromatic heterocycles. The molecule has 21 heavy (non-hydrogen) atoms. The van der Waals surface area contributed by atoms with E-state index in [0.717, 1.165) is 11.4 Å². The number of hydrogen-bond donors (Lipinski definition) is 0. The van der Waals surface area contributed by atoms with E-state index in [1.165, 1.54) is 0 Å². The first kappa shape index (κ1) is 13.8. The molecule has 0 unspecified atom stereocenters. The standard InChI is InChI=1S/C15H18N4O2/c1-12-16-15(13-5-3-2-4-6-13)19(17-12)11-14(20)18-7-9-21-10-8-18/h2-6H,7-11H2,1H3. The third-order valence-corrected chi connectivity index (χ3v) is 3.46. The van der Waals surface area contributed by atoms with Crippen molar-refractivity contribution in [2.75, 3.05) is 26.3 Å². The quantitative estimate of drug-likeness (QED) is 0.848. The van der Waals surface area contributed by atoms with Crippen LogP contribution in [0.25, 0.3) is 11.4 Å². The maximum absolute atomic E-state index is 12.3. The van der Waals surface area contributed by atoms with Crippen molar-refractivity contribution in [3.8, 4) is 11.4 Å². The lowest BCUT2D eigenvalue weighted by molar-refractivity contribution is -0.136. The van der Waals surface area contributed by atoms with Gasteiger partial charge in [0.25, 0.3) is 0 Å². The van der Waals surface area contributed by atoms with Gasteiger partial charge in [0.1, 0.15) is 12.4 Å². The summed E-state index contributed by atoms with van der Waals surface area (Å²) in [5, 5.41) is 4.35. The van der Waals surface area contributed by atoms with E-state index in [2.05, 4.69) is 10.1 Å². The lowest BCUT2D eigenvalue weighted by atomic mass is 10.2. The number of amides is 1. The van der Waals surface area contributed by atoms with Gasteiger partial charge >= 0.3 is 0 Å². The summed E-state index contributed by atoms with van der Waals surface area (Å²) in [6, 6.07) is 9.80. The van der Waals surface area contributed by atoms with E-state index in [9.17, 15) is 4.79 Å². The van der Waals surface area contributed by atoms with Crippen molar-refractivity contribution in [3.63, 3.8) is 0 Å². The van der Waals surface area contributed by atoms with Gasteiger partial charge in [-0.05, 0) is 6.92 Å². The van der Waals surface area contributed by atoms with E-state index >= 15 is 0 Å². The topological polar surface area (TPSA) is 60.2 Å². The Morgan fingerprint density at radius 1 is 1.24 bits per heavy atom. The van der Waals surface area contributed by atoms with Crippen LogP contribution in [0.3, 0.4) is 0 Å². The van der Waals surface area contributed by atoms with Gasteiger partial charge in [-0.15, -0.1) is 0 Å². The molecule has 1 fully saturated rings. The molecule has 0 aliphatic carbocycles. The minimum atomic E-state index is 0.0559. The Morgan fingerprint density at radius 3 is 2.67 bits per heavy atom. The first-order valence-corrected chi connectivity index (χ1v) is 7.06. The number of aromatic nitrogens is 3. The van der Waals surface area contributed by atoms with Crippen LogP contribution in [0, 0.1) is 6.92 Å². The molecule has 3 rings (SSSR count). The van der Waals surface area contributed by atoms with Crippen LogP contribution in [-0.4, -0.2) is 51.9 Å². The second-order valence-corrected chi connectivity index (χ2v) is 5.00. The summed E-state index contributed by atoms with van der Waals surface area (Å²) < 4.78 is 6.95.